The number of piperidine rings is 2. The molecule has 0 spiro atoms. The second kappa shape index (κ2) is 17.2. The SMILES string of the molecule is O=C(C[C@H]1CCS[C@H]2CCCCN2C1=O)[C@H](CC[C@H](Cc1ccccc1)C(=O)N[C@H]1CCS[C@H]2CCCCN2C1=O)Cc1ccccc1. The number of carbonyl (C=O) groups is 4. The summed E-state index contributed by atoms with van der Waals surface area (Å²) in [5, 5.41) is 3.66. The summed E-state index contributed by atoms with van der Waals surface area (Å²) in [6.45, 7) is 1.56. The highest BCUT2D eigenvalue weighted by molar-refractivity contribution is 8.00. The quantitative estimate of drug-likeness (QED) is 0.274. The first kappa shape index (κ1) is 35.1. The molecule has 4 saturated heterocycles. The number of Topliss-reactive ketones (excluding diaryl/α,β-unsaturated/α-hetero) is 1. The topological polar surface area (TPSA) is 86.8 Å². The van der Waals surface area contributed by atoms with Gasteiger partial charge in [-0.25, -0.2) is 0 Å². The molecular weight excluding hydrogens is 639 g/mol. The van der Waals surface area contributed by atoms with E-state index >= 15 is 0 Å². The van der Waals surface area contributed by atoms with Crippen LogP contribution in [0.3, 0.4) is 0 Å². The molecule has 258 valence electrons. The molecule has 7 nitrogen and oxygen atoms in total. The van der Waals surface area contributed by atoms with Crippen molar-refractivity contribution in [2.75, 3.05) is 24.6 Å². The van der Waals surface area contributed by atoms with Gasteiger partial charge in [-0.1, -0.05) is 60.7 Å². The van der Waals surface area contributed by atoms with Gasteiger partial charge in [0.25, 0.3) is 0 Å². The Kier molecular flexibility index (Phi) is 12.6. The molecule has 6 atom stereocenters. The van der Waals surface area contributed by atoms with Gasteiger partial charge in [0.15, 0.2) is 0 Å². The predicted octanol–water partition coefficient (Wildman–Crippen LogP) is 6.50. The van der Waals surface area contributed by atoms with Crippen LogP contribution in [0.1, 0.15) is 81.8 Å². The number of thioether (sulfide) groups is 2. The Hall–Kier alpha value is -2.78. The minimum absolute atomic E-state index is 0.0517. The monoisotopic (exact) mass is 689 g/mol. The van der Waals surface area contributed by atoms with Gasteiger partial charge in [0.05, 0.1) is 10.7 Å². The van der Waals surface area contributed by atoms with Gasteiger partial charge in [-0.3, -0.25) is 19.2 Å². The van der Waals surface area contributed by atoms with E-state index in [2.05, 4.69) is 17.4 Å². The fourth-order valence-corrected chi connectivity index (χ4v) is 10.7. The van der Waals surface area contributed by atoms with Crippen molar-refractivity contribution in [3.05, 3.63) is 71.8 Å². The normalized spacial score (nSPS) is 26.0. The van der Waals surface area contributed by atoms with E-state index in [1.54, 1.807) is 0 Å². The van der Waals surface area contributed by atoms with Gasteiger partial charge in [-0.2, -0.15) is 0 Å². The Morgan fingerprint density at radius 3 is 1.85 bits per heavy atom. The fraction of sp³-hybridized carbons (Fsp3) is 0.590. The summed E-state index contributed by atoms with van der Waals surface area (Å²) < 4.78 is 0. The van der Waals surface area contributed by atoms with Crippen LogP contribution in [0.15, 0.2) is 60.7 Å². The largest absolute Gasteiger partial charge is 0.344 e. The number of carbonyl (C=O) groups excluding carboxylic acids is 4. The third kappa shape index (κ3) is 9.06. The van der Waals surface area contributed by atoms with Gasteiger partial charge in [0, 0.05) is 37.3 Å². The number of nitrogens with one attached hydrogen (secondary N) is 1. The van der Waals surface area contributed by atoms with Crippen LogP contribution in [0.4, 0.5) is 0 Å². The van der Waals surface area contributed by atoms with Gasteiger partial charge in [0.1, 0.15) is 11.8 Å². The second-order valence-corrected chi connectivity index (χ2v) is 16.6. The van der Waals surface area contributed by atoms with Gasteiger partial charge in [-0.15, -0.1) is 23.5 Å². The molecule has 48 heavy (non-hydrogen) atoms. The third-order valence-corrected chi connectivity index (χ3v) is 13.4. The summed E-state index contributed by atoms with van der Waals surface area (Å²) in [6, 6.07) is 19.6. The van der Waals surface area contributed by atoms with Crippen LogP contribution in [0.5, 0.6) is 0 Å². The van der Waals surface area contributed by atoms with E-state index in [4.69, 9.17) is 0 Å². The van der Waals surface area contributed by atoms with Crippen molar-refractivity contribution >= 4 is 47.0 Å². The number of amides is 3. The van der Waals surface area contributed by atoms with Crippen LogP contribution in [-0.4, -0.2) is 74.7 Å². The van der Waals surface area contributed by atoms with Crippen LogP contribution in [0.25, 0.3) is 0 Å². The molecule has 0 radical (unpaired) electrons. The third-order valence-electron chi connectivity index (χ3n) is 10.7. The van der Waals surface area contributed by atoms with E-state index in [-0.39, 0.29) is 58.4 Å². The summed E-state index contributed by atoms with van der Waals surface area (Å²) >= 11 is 3.72. The lowest BCUT2D eigenvalue weighted by Gasteiger charge is -2.35. The number of ketones is 1. The Labute approximate surface area is 294 Å². The minimum Gasteiger partial charge on any atom is -0.344 e. The number of rotatable bonds is 12. The molecule has 0 aliphatic carbocycles. The lowest BCUT2D eigenvalue weighted by atomic mass is 9.82. The molecular formula is C39H51N3O4S2. The summed E-state index contributed by atoms with van der Waals surface area (Å²) in [5.74, 6) is 1.06. The van der Waals surface area contributed by atoms with E-state index in [0.29, 0.717) is 32.1 Å². The van der Waals surface area contributed by atoms with Crippen LogP contribution in [0, 0.1) is 17.8 Å². The van der Waals surface area contributed by atoms with Crippen LogP contribution < -0.4 is 5.32 Å². The van der Waals surface area contributed by atoms with E-state index in [9.17, 15) is 19.2 Å². The van der Waals surface area contributed by atoms with Crippen molar-refractivity contribution in [3.8, 4) is 0 Å². The lowest BCUT2D eigenvalue weighted by Crippen LogP contribution is -2.52. The first-order valence-corrected chi connectivity index (χ1v) is 20.3. The van der Waals surface area contributed by atoms with Gasteiger partial charge < -0.3 is 15.1 Å². The Bertz CT molecular complexity index is 1290. The van der Waals surface area contributed by atoms with Crippen molar-refractivity contribution in [1.29, 1.82) is 0 Å². The van der Waals surface area contributed by atoms with Crippen molar-refractivity contribution in [3.63, 3.8) is 0 Å². The molecule has 2 aromatic carbocycles. The Morgan fingerprint density at radius 1 is 0.688 bits per heavy atom. The molecule has 4 heterocycles. The van der Waals surface area contributed by atoms with Crippen LogP contribution in [0.2, 0.25) is 0 Å². The van der Waals surface area contributed by atoms with Crippen molar-refractivity contribution in [2.24, 2.45) is 17.8 Å². The maximum atomic E-state index is 14.2. The molecule has 4 fully saturated rings. The summed E-state index contributed by atoms with van der Waals surface area (Å²) in [5.41, 5.74) is 2.16. The number of hydrogen-bond donors (Lipinski definition) is 1. The highest BCUT2D eigenvalue weighted by Gasteiger charge is 2.38. The molecule has 0 aromatic heterocycles. The molecule has 4 aliphatic rings. The standard InChI is InChI=1S/C39H51N3O4S2/c43-34(27-32-19-23-47-35-15-7-9-21-41(35)38(32)45)30(25-28-11-3-1-4-12-28)17-18-31(26-29-13-5-2-6-14-29)37(44)40-33-20-24-48-36-16-8-10-22-42(36)39(33)46/h1-6,11-14,30-33,35-36H,7-10,15-27H2,(H,40,44)/t30-,31-,32-,33+,35+,36+/m1/s1. The summed E-state index contributed by atoms with van der Waals surface area (Å²) in [7, 11) is 0. The zero-order valence-corrected chi connectivity index (χ0v) is 29.7. The van der Waals surface area contributed by atoms with E-state index in [1.165, 1.54) is 0 Å². The molecule has 0 bridgehead atoms. The van der Waals surface area contributed by atoms with Crippen molar-refractivity contribution in [2.45, 2.75) is 100 Å². The second-order valence-electron chi connectivity index (χ2n) is 14.1. The number of benzene rings is 2. The average Bonchev–Trinajstić information content (AvgIpc) is 3.37. The molecule has 4 aliphatic heterocycles. The summed E-state index contributed by atoms with van der Waals surface area (Å²) in [4.78, 5) is 59.6. The van der Waals surface area contributed by atoms with Crippen LogP contribution >= 0.6 is 23.5 Å². The van der Waals surface area contributed by atoms with Crippen molar-refractivity contribution in [1.82, 2.24) is 15.1 Å². The maximum absolute atomic E-state index is 14.2. The molecule has 6 rings (SSSR count). The molecule has 2 aromatic rings. The van der Waals surface area contributed by atoms with E-state index in [0.717, 1.165) is 80.7 Å². The maximum Gasteiger partial charge on any atom is 0.246 e. The van der Waals surface area contributed by atoms with Gasteiger partial charge in [-0.05, 0) is 99.7 Å². The number of hydrogen-bond acceptors (Lipinski definition) is 6. The van der Waals surface area contributed by atoms with Gasteiger partial charge in [0.2, 0.25) is 17.7 Å². The van der Waals surface area contributed by atoms with Crippen LogP contribution in [-0.2, 0) is 32.0 Å². The first-order valence-electron chi connectivity index (χ1n) is 18.2. The fourth-order valence-electron chi connectivity index (χ4n) is 7.93. The number of fused-ring (bicyclic) bond motifs is 2. The Balaban J connectivity index is 1.17. The van der Waals surface area contributed by atoms with Crippen molar-refractivity contribution < 1.29 is 19.2 Å². The average molecular weight is 690 g/mol. The van der Waals surface area contributed by atoms with E-state index in [1.807, 2.05) is 81.9 Å². The highest BCUT2D eigenvalue weighted by atomic mass is 32.2. The smallest absolute Gasteiger partial charge is 0.246 e. The highest BCUT2D eigenvalue weighted by Crippen LogP contribution is 2.35. The zero-order chi connectivity index (χ0) is 33.3. The van der Waals surface area contributed by atoms with E-state index < -0.39 is 6.04 Å². The van der Waals surface area contributed by atoms with Gasteiger partial charge >= 0.3 is 0 Å². The molecule has 9 heteroatoms. The minimum atomic E-state index is -0.508. The Morgan fingerprint density at radius 2 is 1.23 bits per heavy atom. The predicted molar refractivity (Wildman–Crippen MR) is 194 cm³/mol. The summed E-state index contributed by atoms with van der Waals surface area (Å²) in [6.07, 6.45) is 10.3. The molecule has 1 N–H and O–H groups in total. The molecule has 0 saturated carbocycles. The molecule has 0 unspecified atom stereocenters. The first-order chi connectivity index (χ1) is 23.5. The number of nitrogens with zero attached hydrogens (tertiary/aromatic N) is 2. The zero-order valence-electron chi connectivity index (χ0n) is 28.1. The molecule has 3 amide bonds. The lowest BCUT2D eigenvalue weighted by molar-refractivity contribution is -0.140.